The van der Waals surface area contributed by atoms with Crippen LogP contribution in [0, 0.1) is 46.3 Å². The summed E-state index contributed by atoms with van der Waals surface area (Å²) in [6, 6.07) is 0. The van der Waals surface area contributed by atoms with E-state index in [1.165, 1.54) is 57.8 Å². The number of ether oxygens (including phenoxy) is 1. The normalized spacial score (nSPS) is 54.3. The molecule has 5 aliphatic rings. The smallest absolute Gasteiger partial charge is 0.103 e. The van der Waals surface area contributed by atoms with Crippen LogP contribution in [-0.2, 0) is 4.74 Å². The van der Waals surface area contributed by atoms with Gasteiger partial charge in [0.2, 0.25) is 0 Å². The molecular weight excluding hydrogens is 356 g/mol. The van der Waals surface area contributed by atoms with Crippen molar-refractivity contribution in [1.29, 1.82) is 0 Å². The van der Waals surface area contributed by atoms with Crippen LogP contribution in [0.3, 0.4) is 0 Å². The van der Waals surface area contributed by atoms with Crippen LogP contribution in [0.5, 0.6) is 0 Å². The van der Waals surface area contributed by atoms with Crippen LogP contribution in [0.15, 0.2) is 0 Å². The highest BCUT2D eigenvalue weighted by Gasteiger charge is 2.76. The average molecular weight is 403 g/mol. The zero-order valence-corrected chi connectivity index (χ0v) is 19.8. The molecule has 0 aromatic rings. The molecule has 0 bridgehead atoms. The summed E-state index contributed by atoms with van der Waals surface area (Å²) in [5.74, 6) is 5.31. The van der Waals surface area contributed by atoms with Gasteiger partial charge in [-0.25, -0.2) is 0 Å². The van der Waals surface area contributed by atoms with Crippen molar-refractivity contribution in [3.8, 4) is 0 Å². The van der Waals surface area contributed by atoms with Crippen LogP contribution in [0.25, 0.3) is 0 Å². The van der Waals surface area contributed by atoms with Crippen LogP contribution in [-0.4, -0.2) is 22.9 Å². The topological polar surface area (TPSA) is 32.8 Å². The molecule has 0 radical (unpaired) electrons. The molecule has 1 spiro atoms. The second-order valence-electron chi connectivity index (χ2n) is 13.0. The van der Waals surface area contributed by atoms with Gasteiger partial charge in [0.25, 0.3) is 0 Å². The zero-order valence-electron chi connectivity index (χ0n) is 19.8. The lowest BCUT2D eigenvalue weighted by Crippen LogP contribution is -2.58. The fraction of sp³-hybridized carbons (Fsp3) is 1.00. The predicted molar refractivity (Wildman–Crippen MR) is 119 cm³/mol. The van der Waals surface area contributed by atoms with E-state index < -0.39 is 0 Å². The monoisotopic (exact) mass is 402 g/mol. The third-order valence-corrected chi connectivity index (χ3v) is 11.3. The number of hydrogen-bond donors (Lipinski definition) is 1. The van der Waals surface area contributed by atoms with Crippen molar-refractivity contribution in [2.75, 3.05) is 0 Å². The highest BCUT2D eigenvalue weighted by molar-refractivity contribution is 5.24. The minimum absolute atomic E-state index is 0.0434. The largest absolute Gasteiger partial charge is 0.393 e. The Balaban J connectivity index is 1.33. The minimum Gasteiger partial charge on any atom is -0.393 e. The Morgan fingerprint density at radius 1 is 0.966 bits per heavy atom. The fourth-order valence-corrected chi connectivity index (χ4v) is 9.68. The first kappa shape index (κ1) is 20.8. The lowest BCUT2D eigenvalue weighted by Gasteiger charge is -2.59. The van der Waals surface area contributed by atoms with Gasteiger partial charge in [-0.15, -0.1) is 0 Å². The predicted octanol–water partition coefficient (Wildman–Crippen LogP) is 6.60. The highest BCUT2D eigenvalue weighted by Crippen LogP contribution is 2.74. The van der Waals surface area contributed by atoms with Crippen molar-refractivity contribution in [3.05, 3.63) is 0 Å². The minimum atomic E-state index is -0.124. The first-order valence-corrected chi connectivity index (χ1v) is 13.1. The summed E-state index contributed by atoms with van der Waals surface area (Å²) in [5.41, 5.74) is 0.932. The molecule has 1 unspecified atom stereocenters. The number of aliphatic hydroxyl groups is 1. The summed E-state index contributed by atoms with van der Waals surface area (Å²) in [5, 5.41) is 10.4. The molecule has 5 fully saturated rings. The van der Waals surface area contributed by atoms with E-state index in [0.29, 0.717) is 16.9 Å². The third-order valence-electron chi connectivity index (χ3n) is 11.3. The van der Waals surface area contributed by atoms with Crippen molar-refractivity contribution in [1.82, 2.24) is 0 Å². The number of fused-ring (bicyclic) bond motifs is 4. The number of epoxide rings is 1. The van der Waals surface area contributed by atoms with Gasteiger partial charge < -0.3 is 9.84 Å². The molecule has 0 aromatic carbocycles. The van der Waals surface area contributed by atoms with Gasteiger partial charge in [-0.3, -0.25) is 0 Å². The van der Waals surface area contributed by atoms with Crippen molar-refractivity contribution in [2.24, 2.45) is 46.3 Å². The van der Waals surface area contributed by atoms with Crippen molar-refractivity contribution in [2.45, 2.75) is 123 Å². The molecule has 5 rings (SSSR count). The van der Waals surface area contributed by atoms with Crippen LogP contribution < -0.4 is 0 Å². The quantitative estimate of drug-likeness (QED) is 0.525. The zero-order chi connectivity index (χ0) is 20.6. The molecule has 0 amide bonds. The van der Waals surface area contributed by atoms with Gasteiger partial charge in [0, 0.05) is 11.8 Å². The summed E-state index contributed by atoms with van der Waals surface area (Å²) < 4.78 is 6.51. The Morgan fingerprint density at radius 2 is 1.76 bits per heavy atom. The molecule has 2 heteroatoms. The summed E-state index contributed by atoms with van der Waals surface area (Å²) >= 11 is 0. The van der Waals surface area contributed by atoms with Crippen LogP contribution in [0.4, 0.5) is 0 Å². The molecule has 1 aliphatic heterocycles. The van der Waals surface area contributed by atoms with Gasteiger partial charge in [0.1, 0.15) is 5.60 Å². The maximum absolute atomic E-state index is 10.4. The van der Waals surface area contributed by atoms with Crippen LogP contribution in [0.1, 0.15) is 105 Å². The molecule has 4 aliphatic carbocycles. The second kappa shape index (κ2) is 6.96. The summed E-state index contributed by atoms with van der Waals surface area (Å²) in [6.45, 7) is 12.6. The van der Waals surface area contributed by atoms with Crippen molar-refractivity contribution in [3.63, 3.8) is 0 Å². The second-order valence-corrected chi connectivity index (χ2v) is 13.0. The summed E-state index contributed by atoms with van der Waals surface area (Å²) in [4.78, 5) is 0. The lowest BCUT2D eigenvalue weighted by atomic mass is 9.44. The Labute approximate surface area is 179 Å². The third kappa shape index (κ3) is 2.94. The standard InChI is InChI=1S/C27H46O2/c1-17(2)7-6-8-18(3)21-9-10-22-20-15-24-27(29-24)16-19(28)11-14-26(27,5)23(20)12-13-25(21,22)4/h17-24,28H,6-16H2,1-5H3/t18-,19+,20+,21-,22+,23+,24?,25-,26-,27+/m1/s1. The Hall–Kier alpha value is -0.0800. The molecule has 166 valence electrons. The van der Waals surface area contributed by atoms with E-state index in [-0.39, 0.29) is 11.7 Å². The fourth-order valence-electron chi connectivity index (χ4n) is 9.68. The van der Waals surface area contributed by atoms with E-state index in [2.05, 4.69) is 34.6 Å². The number of rotatable bonds is 5. The Bertz CT molecular complexity index is 630. The Morgan fingerprint density at radius 3 is 2.52 bits per heavy atom. The van der Waals surface area contributed by atoms with E-state index in [0.717, 1.165) is 48.3 Å². The molecule has 1 N–H and O–H groups in total. The first-order chi connectivity index (χ1) is 13.7. The molecule has 29 heavy (non-hydrogen) atoms. The van der Waals surface area contributed by atoms with Gasteiger partial charge >= 0.3 is 0 Å². The number of aliphatic hydroxyl groups excluding tert-OH is 1. The van der Waals surface area contributed by atoms with E-state index in [9.17, 15) is 5.11 Å². The molecule has 1 saturated heterocycles. The molecule has 2 nitrogen and oxygen atoms in total. The Kier molecular flexibility index (Phi) is 4.99. The molecule has 4 saturated carbocycles. The van der Waals surface area contributed by atoms with Crippen LogP contribution in [0.2, 0.25) is 0 Å². The highest BCUT2D eigenvalue weighted by atomic mass is 16.6. The summed E-state index contributed by atoms with van der Waals surface area (Å²) in [6.07, 6.45) is 14.8. The van der Waals surface area contributed by atoms with E-state index in [1.807, 2.05) is 0 Å². The van der Waals surface area contributed by atoms with E-state index >= 15 is 0 Å². The molecule has 0 aromatic heterocycles. The van der Waals surface area contributed by atoms with E-state index in [4.69, 9.17) is 4.74 Å². The SMILES string of the molecule is CC(C)CCC[C@@H](C)[C@H]1CC[C@H]2[C@@H]3CC4O[C@@]45C[C@@H](O)CC[C@]5(C)[C@H]3CC[C@]12C. The van der Waals surface area contributed by atoms with Crippen molar-refractivity contribution < 1.29 is 9.84 Å². The maximum Gasteiger partial charge on any atom is 0.103 e. The summed E-state index contributed by atoms with van der Waals surface area (Å²) in [7, 11) is 0. The van der Waals surface area contributed by atoms with Gasteiger partial charge in [-0.2, -0.15) is 0 Å². The number of hydrogen-bond acceptors (Lipinski definition) is 2. The molecular formula is C27H46O2. The van der Waals surface area contributed by atoms with E-state index in [1.54, 1.807) is 0 Å². The lowest BCUT2D eigenvalue weighted by molar-refractivity contribution is -0.116. The molecule has 10 atom stereocenters. The van der Waals surface area contributed by atoms with Gasteiger partial charge in [0.05, 0.1) is 12.2 Å². The first-order valence-electron chi connectivity index (χ1n) is 13.1. The molecule has 1 heterocycles. The van der Waals surface area contributed by atoms with Gasteiger partial charge in [-0.1, -0.05) is 53.9 Å². The average Bonchev–Trinajstić information content (AvgIpc) is 3.22. The van der Waals surface area contributed by atoms with Gasteiger partial charge in [-0.05, 0) is 85.9 Å². The van der Waals surface area contributed by atoms with Crippen molar-refractivity contribution >= 4 is 0 Å². The van der Waals surface area contributed by atoms with Gasteiger partial charge in [0.15, 0.2) is 0 Å². The maximum atomic E-state index is 10.4. The van der Waals surface area contributed by atoms with Crippen LogP contribution >= 0.6 is 0 Å².